The van der Waals surface area contributed by atoms with Gasteiger partial charge < -0.3 is 10.0 Å². The fourth-order valence-electron chi connectivity index (χ4n) is 1.83. The van der Waals surface area contributed by atoms with E-state index >= 15 is 0 Å². The fourth-order valence-corrected chi connectivity index (χ4v) is 2.18. The molecule has 8 heteroatoms. The summed E-state index contributed by atoms with van der Waals surface area (Å²) < 4.78 is 0.621. The zero-order valence-electron chi connectivity index (χ0n) is 12.0. The lowest BCUT2D eigenvalue weighted by atomic mass is 10.1. The van der Waals surface area contributed by atoms with Gasteiger partial charge >= 0.3 is 5.97 Å². The lowest BCUT2D eigenvalue weighted by Gasteiger charge is -2.22. The lowest BCUT2D eigenvalue weighted by Crippen LogP contribution is -2.35. The Balaban J connectivity index is 2.91. The summed E-state index contributed by atoms with van der Waals surface area (Å²) in [5.74, 6) is -0.950. The van der Waals surface area contributed by atoms with Crippen molar-refractivity contribution in [3.63, 3.8) is 0 Å². The van der Waals surface area contributed by atoms with E-state index in [9.17, 15) is 14.9 Å². The molecule has 0 radical (unpaired) electrons. The number of carboxylic acid groups (broad SMARTS) is 1. The number of benzene rings is 1. The van der Waals surface area contributed by atoms with Crippen molar-refractivity contribution < 1.29 is 14.8 Å². The molecule has 1 N–H and O–H groups in total. The highest BCUT2D eigenvalue weighted by Crippen LogP contribution is 2.24. The highest BCUT2D eigenvalue weighted by Gasteiger charge is 2.18. The number of nitro benzene ring substituents is 1. The second-order valence-corrected chi connectivity index (χ2v) is 5.85. The minimum atomic E-state index is -0.950. The van der Waals surface area contributed by atoms with E-state index in [1.807, 2.05) is 19.0 Å². The molecular formula is C13H18BrN3O4. The molecule has 0 spiro atoms. The number of nitrogens with zero attached hydrogens (tertiary/aromatic N) is 3. The van der Waals surface area contributed by atoms with Crippen molar-refractivity contribution in [2.24, 2.45) is 0 Å². The molecule has 0 aliphatic rings. The van der Waals surface area contributed by atoms with E-state index in [-0.39, 0.29) is 18.8 Å². The van der Waals surface area contributed by atoms with Crippen LogP contribution in [0.5, 0.6) is 0 Å². The van der Waals surface area contributed by atoms with Crippen LogP contribution in [0.4, 0.5) is 5.69 Å². The van der Waals surface area contributed by atoms with Crippen LogP contribution >= 0.6 is 15.9 Å². The van der Waals surface area contributed by atoms with Gasteiger partial charge in [-0.15, -0.1) is 0 Å². The predicted octanol–water partition coefficient (Wildman–Crippen LogP) is 1.81. The quantitative estimate of drug-likeness (QED) is 0.562. The van der Waals surface area contributed by atoms with Crippen LogP contribution in [0.3, 0.4) is 0 Å². The number of nitro groups is 1. The molecule has 116 valence electrons. The average molecular weight is 360 g/mol. The highest BCUT2D eigenvalue weighted by molar-refractivity contribution is 9.10. The van der Waals surface area contributed by atoms with Crippen LogP contribution in [0.1, 0.15) is 5.56 Å². The van der Waals surface area contributed by atoms with E-state index in [4.69, 9.17) is 5.11 Å². The molecule has 0 saturated heterocycles. The number of carbonyl (C=O) groups is 1. The van der Waals surface area contributed by atoms with Gasteiger partial charge in [-0.2, -0.15) is 0 Å². The van der Waals surface area contributed by atoms with Crippen molar-refractivity contribution >= 4 is 27.6 Å². The Labute approximate surface area is 131 Å². The summed E-state index contributed by atoms with van der Waals surface area (Å²) >= 11 is 3.20. The first-order chi connectivity index (χ1) is 9.79. The Hall–Kier alpha value is -1.51. The molecule has 0 aromatic heterocycles. The Morgan fingerprint density at radius 3 is 2.57 bits per heavy atom. The second kappa shape index (κ2) is 8.06. The van der Waals surface area contributed by atoms with Gasteiger partial charge in [-0.25, -0.2) is 0 Å². The van der Waals surface area contributed by atoms with Gasteiger partial charge in [0.1, 0.15) is 0 Å². The molecule has 7 nitrogen and oxygen atoms in total. The van der Waals surface area contributed by atoms with E-state index in [1.54, 1.807) is 17.0 Å². The van der Waals surface area contributed by atoms with Crippen LogP contribution in [-0.2, 0) is 11.3 Å². The molecule has 0 amide bonds. The topological polar surface area (TPSA) is 86.9 Å². The first-order valence-electron chi connectivity index (χ1n) is 6.31. The number of carboxylic acids is 1. The number of rotatable bonds is 8. The van der Waals surface area contributed by atoms with E-state index in [0.717, 1.165) is 0 Å². The van der Waals surface area contributed by atoms with Gasteiger partial charge in [0.2, 0.25) is 0 Å². The number of aliphatic carboxylic acids is 1. The Bertz CT molecular complexity index is 522. The lowest BCUT2D eigenvalue weighted by molar-refractivity contribution is -0.385. The maximum Gasteiger partial charge on any atom is 0.317 e. The Kier molecular flexibility index (Phi) is 6.73. The van der Waals surface area contributed by atoms with Gasteiger partial charge in [-0.1, -0.05) is 15.9 Å². The van der Waals surface area contributed by atoms with Crippen molar-refractivity contribution in [1.82, 2.24) is 9.80 Å². The molecule has 0 bridgehead atoms. The minimum Gasteiger partial charge on any atom is -0.480 e. The van der Waals surface area contributed by atoms with Gasteiger partial charge in [0.05, 0.1) is 11.5 Å². The maximum absolute atomic E-state index is 11.1. The Morgan fingerprint density at radius 1 is 1.38 bits per heavy atom. The first-order valence-corrected chi connectivity index (χ1v) is 7.10. The average Bonchev–Trinajstić information content (AvgIpc) is 2.37. The molecule has 0 saturated carbocycles. The number of hydrogen-bond acceptors (Lipinski definition) is 5. The Morgan fingerprint density at radius 2 is 2.05 bits per heavy atom. The van der Waals surface area contributed by atoms with Gasteiger partial charge in [-0.05, 0) is 26.2 Å². The van der Waals surface area contributed by atoms with Crippen LogP contribution in [0.15, 0.2) is 22.7 Å². The third-order valence-electron chi connectivity index (χ3n) is 2.86. The summed E-state index contributed by atoms with van der Waals surface area (Å²) in [7, 11) is 3.78. The molecule has 0 aliphatic heterocycles. The van der Waals surface area contributed by atoms with Crippen LogP contribution < -0.4 is 0 Å². The van der Waals surface area contributed by atoms with Crippen molar-refractivity contribution in [3.05, 3.63) is 38.3 Å². The smallest absolute Gasteiger partial charge is 0.317 e. The van der Waals surface area contributed by atoms with Gasteiger partial charge in [0.25, 0.3) is 5.69 Å². The van der Waals surface area contributed by atoms with Crippen molar-refractivity contribution in [2.45, 2.75) is 6.54 Å². The maximum atomic E-state index is 11.1. The third-order valence-corrected chi connectivity index (χ3v) is 3.35. The molecule has 1 aromatic rings. The summed E-state index contributed by atoms with van der Waals surface area (Å²) in [5, 5.41) is 20.0. The summed E-state index contributed by atoms with van der Waals surface area (Å²) in [6, 6.07) is 4.79. The van der Waals surface area contributed by atoms with Crippen molar-refractivity contribution in [3.8, 4) is 0 Å². The fraction of sp³-hybridized carbons (Fsp3) is 0.462. The number of likely N-dealkylation sites (N-methyl/N-ethyl adjacent to an activating group) is 1. The highest BCUT2D eigenvalue weighted by atomic mass is 79.9. The molecule has 0 aliphatic carbocycles. The number of halogens is 1. The summed E-state index contributed by atoms with van der Waals surface area (Å²) in [4.78, 5) is 25.2. The van der Waals surface area contributed by atoms with E-state index in [1.165, 1.54) is 6.07 Å². The third kappa shape index (κ3) is 6.19. The zero-order valence-corrected chi connectivity index (χ0v) is 13.5. The van der Waals surface area contributed by atoms with Gasteiger partial charge in [0, 0.05) is 35.7 Å². The molecule has 0 unspecified atom stereocenters. The summed E-state index contributed by atoms with van der Waals surface area (Å²) in [5.41, 5.74) is 0.493. The molecule has 0 atom stereocenters. The number of hydrogen-bond donors (Lipinski definition) is 1. The first kappa shape index (κ1) is 17.5. The van der Waals surface area contributed by atoms with Crippen LogP contribution in [0, 0.1) is 10.1 Å². The second-order valence-electron chi connectivity index (χ2n) is 4.94. The molecule has 21 heavy (non-hydrogen) atoms. The standard InChI is InChI=1S/C13H18BrN3O4/c1-15(2)5-6-16(9-13(18)19)8-10-3-4-11(14)7-12(10)17(20)21/h3-4,7H,5-6,8-9H2,1-2H3,(H,18,19). The molecular weight excluding hydrogens is 342 g/mol. The summed E-state index contributed by atoms with van der Waals surface area (Å²) in [6.45, 7) is 1.27. The molecule has 1 aromatic carbocycles. The molecule has 1 rings (SSSR count). The van der Waals surface area contributed by atoms with Crippen molar-refractivity contribution in [2.75, 3.05) is 33.7 Å². The normalized spacial score (nSPS) is 11.1. The summed E-state index contributed by atoms with van der Waals surface area (Å²) in [6.07, 6.45) is 0. The van der Waals surface area contributed by atoms with E-state index in [0.29, 0.717) is 23.1 Å². The monoisotopic (exact) mass is 359 g/mol. The van der Waals surface area contributed by atoms with Crippen molar-refractivity contribution in [1.29, 1.82) is 0 Å². The van der Waals surface area contributed by atoms with E-state index in [2.05, 4.69) is 15.9 Å². The molecule has 0 heterocycles. The zero-order chi connectivity index (χ0) is 16.0. The van der Waals surface area contributed by atoms with E-state index < -0.39 is 10.9 Å². The van der Waals surface area contributed by atoms with Crippen LogP contribution in [0.2, 0.25) is 0 Å². The molecule has 0 fully saturated rings. The SMILES string of the molecule is CN(C)CCN(CC(=O)O)Cc1ccc(Br)cc1[N+](=O)[O-]. The minimum absolute atomic E-state index is 0.00961. The van der Waals surface area contributed by atoms with Gasteiger partial charge in [0.15, 0.2) is 0 Å². The van der Waals surface area contributed by atoms with Gasteiger partial charge in [-0.3, -0.25) is 19.8 Å². The van der Waals surface area contributed by atoms with Crippen LogP contribution in [0.25, 0.3) is 0 Å². The largest absolute Gasteiger partial charge is 0.480 e. The predicted molar refractivity (Wildman–Crippen MR) is 82.3 cm³/mol. The van der Waals surface area contributed by atoms with Crippen LogP contribution in [-0.4, -0.2) is 59.5 Å².